The molecule has 0 amide bonds. The summed E-state index contributed by atoms with van der Waals surface area (Å²) < 4.78 is 0. The molecule has 0 saturated carbocycles. The lowest BCUT2D eigenvalue weighted by molar-refractivity contribution is 0.655. The van der Waals surface area contributed by atoms with Crippen LogP contribution in [0.15, 0.2) is 59.6 Å². The van der Waals surface area contributed by atoms with Gasteiger partial charge in [-0.2, -0.15) is 0 Å². The lowest BCUT2D eigenvalue weighted by Crippen LogP contribution is -2.32. The van der Waals surface area contributed by atoms with Crippen molar-refractivity contribution in [3.8, 4) is 11.1 Å². The molecule has 1 aliphatic heterocycles. The Morgan fingerprint density at radius 1 is 1.00 bits per heavy atom. The van der Waals surface area contributed by atoms with E-state index in [1.165, 1.54) is 28.9 Å². The third kappa shape index (κ3) is 3.72. The van der Waals surface area contributed by atoms with Crippen LogP contribution in [0.5, 0.6) is 0 Å². The van der Waals surface area contributed by atoms with E-state index in [1.807, 2.05) is 0 Å². The van der Waals surface area contributed by atoms with Crippen LogP contribution in [0.25, 0.3) is 11.1 Å². The maximum Gasteiger partial charge on any atom is 0.0965 e. The van der Waals surface area contributed by atoms with Gasteiger partial charge in [-0.25, -0.2) is 0 Å². The van der Waals surface area contributed by atoms with Crippen molar-refractivity contribution in [1.82, 2.24) is 5.32 Å². The second-order valence-corrected chi connectivity index (χ2v) is 5.74. The Bertz CT molecular complexity index is 599. The Morgan fingerprint density at radius 3 is 2.38 bits per heavy atom. The maximum atomic E-state index is 4.48. The number of nitrogens with zero attached hydrogens (tertiary/aromatic N) is 1. The van der Waals surface area contributed by atoms with Crippen molar-refractivity contribution in [1.29, 1.82) is 0 Å². The van der Waals surface area contributed by atoms with Crippen LogP contribution >= 0.6 is 0 Å². The smallest absolute Gasteiger partial charge is 0.0965 e. The molecule has 0 aromatic heterocycles. The Balaban J connectivity index is 1.61. The summed E-state index contributed by atoms with van der Waals surface area (Å²) in [6.45, 7) is 3.22. The molecule has 0 spiro atoms. The predicted molar refractivity (Wildman–Crippen MR) is 89.7 cm³/mol. The van der Waals surface area contributed by atoms with Crippen molar-refractivity contribution in [2.45, 2.75) is 32.2 Å². The van der Waals surface area contributed by atoms with Crippen LogP contribution in [0.4, 0.5) is 0 Å². The van der Waals surface area contributed by atoms with E-state index in [-0.39, 0.29) is 0 Å². The monoisotopic (exact) mass is 278 g/mol. The average Bonchev–Trinajstić information content (AvgIpc) is 3.02. The lowest BCUT2D eigenvalue weighted by atomic mass is 10.0. The molecule has 2 aromatic carbocycles. The number of hydrogen-bond donors (Lipinski definition) is 1. The van der Waals surface area contributed by atoms with Gasteiger partial charge in [-0.05, 0) is 36.5 Å². The molecule has 108 valence electrons. The van der Waals surface area contributed by atoms with Crippen molar-refractivity contribution in [3.05, 3.63) is 60.2 Å². The second kappa shape index (κ2) is 6.57. The van der Waals surface area contributed by atoms with E-state index in [0.29, 0.717) is 6.04 Å². The number of rotatable bonds is 4. The van der Waals surface area contributed by atoms with E-state index in [4.69, 9.17) is 0 Å². The number of aliphatic imine (C=N–C) groups is 1. The molecule has 0 aliphatic carbocycles. The lowest BCUT2D eigenvalue weighted by Gasteiger charge is -2.15. The Morgan fingerprint density at radius 2 is 1.71 bits per heavy atom. The molecule has 0 bridgehead atoms. The predicted octanol–water partition coefficient (Wildman–Crippen LogP) is 4.07. The molecular weight excluding hydrogens is 256 g/mol. The van der Waals surface area contributed by atoms with Gasteiger partial charge in [0.15, 0.2) is 0 Å². The fourth-order valence-corrected chi connectivity index (χ4v) is 2.81. The zero-order valence-corrected chi connectivity index (χ0v) is 12.5. The minimum atomic E-state index is 0.435. The highest BCUT2D eigenvalue weighted by molar-refractivity contribution is 5.83. The van der Waals surface area contributed by atoms with Gasteiger partial charge in [0, 0.05) is 19.0 Å². The molecule has 0 saturated heterocycles. The zero-order valence-electron chi connectivity index (χ0n) is 12.5. The Kier molecular flexibility index (Phi) is 4.34. The van der Waals surface area contributed by atoms with Gasteiger partial charge in [-0.1, -0.05) is 54.6 Å². The van der Waals surface area contributed by atoms with E-state index < -0.39 is 0 Å². The molecule has 1 unspecified atom stereocenters. The van der Waals surface area contributed by atoms with Crippen molar-refractivity contribution in [2.75, 3.05) is 6.54 Å². The first-order chi connectivity index (χ1) is 10.3. The van der Waals surface area contributed by atoms with Gasteiger partial charge in [-0.15, -0.1) is 0 Å². The summed E-state index contributed by atoms with van der Waals surface area (Å²) in [6, 6.07) is 19.8. The summed E-state index contributed by atoms with van der Waals surface area (Å²) in [4.78, 5) is 4.48. The molecule has 1 atom stereocenters. The zero-order chi connectivity index (χ0) is 14.5. The summed E-state index contributed by atoms with van der Waals surface area (Å²) in [7, 11) is 0. The third-order valence-electron chi connectivity index (χ3n) is 3.89. The molecule has 1 heterocycles. The molecule has 2 nitrogen and oxygen atoms in total. The van der Waals surface area contributed by atoms with Crippen molar-refractivity contribution < 1.29 is 0 Å². The minimum absolute atomic E-state index is 0.435. The van der Waals surface area contributed by atoms with Gasteiger partial charge in [0.1, 0.15) is 0 Å². The molecule has 2 aromatic rings. The summed E-state index contributed by atoms with van der Waals surface area (Å²) in [6.07, 6.45) is 3.34. The minimum Gasteiger partial charge on any atom is -0.371 e. The normalized spacial score (nSPS) is 15.6. The molecule has 1 N–H and O–H groups in total. The van der Waals surface area contributed by atoms with Crippen LogP contribution in [0.3, 0.4) is 0 Å². The summed E-state index contributed by atoms with van der Waals surface area (Å²) in [5.41, 5.74) is 3.92. The van der Waals surface area contributed by atoms with Gasteiger partial charge in [0.25, 0.3) is 0 Å². The SMILES string of the molecule is CC(Cc1ccc(-c2ccccc2)cc1)NC1=NCCC1. The van der Waals surface area contributed by atoms with E-state index in [9.17, 15) is 0 Å². The van der Waals surface area contributed by atoms with Gasteiger partial charge in [0.2, 0.25) is 0 Å². The largest absolute Gasteiger partial charge is 0.371 e. The van der Waals surface area contributed by atoms with Gasteiger partial charge >= 0.3 is 0 Å². The summed E-state index contributed by atoms with van der Waals surface area (Å²) in [5, 5.41) is 3.52. The van der Waals surface area contributed by atoms with Crippen LogP contribution < -0.4 is 5.32 Å². The van der Waals surface area contributed by atoms with Crippen molar-refractivity contribution in [3.63, 3.8) is 0 Å². The maximum absolute atomic E-state index is 4.48. The second-order valence-electron chi connectivity index (χ2n) is 5.74. The van der Waals surface area contributed by atoms with Crippen LogP contribution in [-0.4, -0.2) is 18.4 Å². The summed E-state index contributed by atoms with van der Waals surface area (Å²) in [5.74, 6) is 1.18. The average molecular weight is 278 g/mol. The first-order valence-corrected chi connectivity index (χ1v) is 7.75. The van der Waals surface area contributed by atoms with Gasteiger partial charge < -0.3 is 5.32 Å². The van der Waals surface area contributed by atoms with E-state index >= 15 is 0 Å². The highest BCUT2D eigenvalue weighted by atomic mass is 15.0. The Hall–Kier alpha value is -2.09. The quantitative estimate of drug-likeness (QED) is 0.896. The van der Waals surface area contributed by atoms with Crippen molar-refractivity contribution >= 4 is 5.84 Å². The topological polar surface area (TPSA) is 24.4 Å². The first-order valence-electron chi connectivity index (χ1n) is 7.75. The van der Waals surface area contributed by atoms with Crippen LogP contribution in [0.2, 0.25) is 0 Å². The van der Waals surface area contributed by atoms with Crippen LogP contribution in [0, 0.1) is 0 Å². The Labute approximate surface area is 126 Å². The molecule has 1 aliphatic rings. The number of nitrogens with one attached hydrogen (secondary N) is 1. The highest BCUT2D eigenvalue weighted by Gasteiger charge is 2.10. The standard InChI is InChI=1S/C19H22N2/c1-15(21-19-8-5-13-20-19)14-16-9-11-18(12-10-16)17-6-3-2-4-7-17/h2-4,6-7,9-12,15H,5,8,13-14H2,1H3,(H,20,21). The molecule has 21 heavy (non-hydrogen) atoms. The molecule has 3 rings (SSSR count). The fraction of sp³-hybridized carbons (Fsp3) is 0.316. The van der Waals surface area contributed by atoms with Gasteiger partial charge in [-0.3, -0.25) is 4.99 Å². The number of amidine groups is 1. The highest BCUT2D eigenvalue weighted by Crippen LogP contribution is 2.19. The molecular formula is C19H22N2. The van der Waals surface area contributed by atoms with E-state index in [2.05, 4.69) is 71.8 Å². The van der Waals surface area contributed by atoms with Crippen molar-refractivity contribution in [2.24, 2.45) is 4.99 Å². The molecule has 0 fully saturated rings. The molecule has 2 heteroatoms. The first kappa shape index (κ1) is 13.9. The van der Waals surface area contributed by atoms with E-state index in [0.717, 1.165) is 19.4 Å². The number of hydrogen-bond acceptors (Lipinski definition) is 2. The number of benzene rings is 2. The fourth-order valence-electron chi connectivity index (χ4n) is 2.81. The summed E-state index contributed by atoms with van der Waals surface area (Å²) >= 11 is 0. The van der Waals surface area contributed by atoms with Crippen LogP contribution in [-0.2, 0) is 6.42 Å². The van der Waals surface area contributed by atoms with E-state index in [1.54, 1.807) is 0 Å². The third-order valence-corrected chi connectivity index (χ3v) is 3.89. The van der Waals surface area contributed by atoms with Crippen LogP contribution in [0.1, 0.15) is 25.3 Å². The van der Waals surface area contributed by atoms with Gasteiger partial charge in [0.05, 0.1) is 5.84 Å². The molecule has 0 radical (unpaired) electrons.